The van der Waals surface area contributed by atoms with Gasteiger partial charge in [-0.05, 0) is 126 Å². The number of phenols is 1. The van der Waals surface area contributed by atoms with Gasteiger partial charge < -0.3 is 86.7 Å². The van der Waals surface area contributed by atoms with Gasteiger partial charge >= 0.3 is 5.97 Å². The van der Waals surface area contributed by atoms with Gasteiger partial charge in [0.05, 0.1) is 18.7 Å². The average molecular weight is 1330 g/mol. The maximum Gasteiger partial charge on any atom is 0.336 e. The number of amides is 10. The minimum absolute atomic E-state index is 0.00587. The van der Waals surface area contributed by atoms with E-state index in [1.165, 1.54) is 36.4 Å². The third-order valence-corrected chi connectivity index (χ3v) is 15.3. The maximum absolute atomic E-state index is 14.5. The standard InChI is InChI=1S/C64H84N16O14S/c1-33(2)24-47(59(90)77-45(12-8-21-71-63(66)67)57(88)76-46(13-9-22-72-64(68)69)58(89)80-54(34(3)4)61(92)79-49(32-95)56(87)70-23-20-50(65)83)78-60(91)48(25-35-10-6-5-7-11-35)75-52(85)31-73-51(84)30-74-55(86)36-14-17-43(44(29-36)62(93)94)53-41-18-15-39(81)27-37(41)26-38-28-40(82)16-19-42(38)53/h5-7,10-11,14-19,27-29,33-34,45-49,54,81,95H,8-9,12-13,20-26,30-32H2,1-4H3,(H2,65,83)(H,70,87)(H,73,84)(H,74,86)(H,75,85)(H,76,88)(H,77,90)(H,78,91)(H,79,92)(H,80,89)(H,93,94)(H4,66,67,71)(H4,68,69,72). The highest BCUT2D eigenvalue weighted by Gasteiger charge is 2.35. The molecular weight excluding hydrogens is 1250 g/mol. The number of carboxylic acid groups (broad SMARTS) is 1. The van der Waals surface area contributed by atoms with E-state index in [0.717, 1.165) is 6.07 Å². The Morgan fingerprint density at radius 3 is 1.78 bits per heavy atom. The molecule has 2 aliphatic carbocycles. The Balaban J connectivity index is 1.30. The molecule has 0 saturated carbocycles. The van der Waals surface area contributed by atoms with E-state index in [2.05, 4.69) is 70.5 Å². The number of aromatic carboxylic acids is 1. The summed E-state index contributed by atoms with van der Waals surface area (Å²) in [7, 11) is 0. The maximum atomic E-state index is 14.5. The molecule has 6 unspecified atom stereocenters. The molecule has 0 aromatic heterocycles. The molecule has 0 saturated heterocycles. The number of nitrogens with two attached hydrogens (primary N) is 5. The van der Waals surface area contributed by atoms with Crippen LogP contribution in [0.2, 0.25) is 0 Å². The summed E-state index contributed by atoms with van der Waals surface area (Å²) in [6.45, 7) is 5.36. The topological polar surface area (TPSA) is 508 Å². The van der Waals surface area contributed by atoms with Crippen LogP contribution in [0.25, 0.3) is 5.57 Å². The number of primary amides is 1. The van der Waals surface area contributed by atoms with Gasteiger partial charge in [-0.2, -0.15) is 12.6 Å². The van der Waals surface area contributed by atoms with E-state index in [1.54, 1.807) is 70.2 Å². The molecule has 30 nitrogen and oxygen atoms in total. The molecule has 31 heteroatoms. The summed E-state index contributed by atoms with van der Waals surface area (Å²) < 4.78 is 0. The smallest absolute Gasteiger partial charge is 0.336 e. The highest BCUT2D eigenvalue weighted by atomic mass is 32.1. The summed E-state index contributed by atoms with van der Waals surface area (Å²) in [6, 6.07) is 9.11. The number of phenolic OH excluding ortho intramolecular Hbond substituents is 1. The van der Waals surface area contributed by atoms with Crippen LogP contribution < -0.4 is 76.5 Å². The molecule has 5 rings (SSSR count). The largest absolute Gasteiger partial charge is 0.508 e. The van der Waals surface area contributed by atoms with Crippen LogP contribution in [0.3, 0.4) is 0 Å². The second-order valence-corrected chi connectivity index (χ2v) is 23.6. The first kappa shape index (κ1) is 75.1. The van der Waals surface area contributed by atoms with Gasteiger partial charge in [0.15, 0.2) is 17.7 Å². The lowest BCUT2D eigenvalue weighted by molar-refractivity contribution is -0.136. The minimum Gasteiger partial charge on any atom is -0.508 e. The Kier molecular flexibility index (Phi) is 28.9. The highest BCUT2D eigenvalue weighted by Crippen LogP contribution is 2.42. The van der Waals surface area contributed by atoms with Crippen LogP contribution in [0.15, 0.2) is 106 Å². The second kappa shape index (κ2) is 36.6. The molecule has 3 aromatic rings. The summed E-state index contributed by atoms with van der Waals surface area (Å²) in [5.41, 5.74) is 30.7. The van der Waals surface area contributed by atoms with E-state index in [1.807, 2.05) is 0 Å². The van der Waals surface area contributed by atoms with Crippen LogP contribution in [0.4, 0.5) is 0 Å². The fourth-order valence-electron chi connectivity index (χ4n) is 10.2. The lowest BCUT2D eigenvalue weighted by Crippen LogP contribution is -2.60. The molecule has 0 fully saturated rings. The number of ketones is 1. The van der Waals surface area contributed by atoms with E-state index < -0.39 is 120 Å². The molecule has 0 bridgehead atoms. The number of carbonyl (C=O) groups is 12. The first-order valence-electron chi connectivity index (χ1n) is 30.6. The normalized spacial score (nSPS) is 14.1. The number of hydrogen-bond acceptors (Lipinski definition) is 16. The van der Waals surface area contributed by atoms with Gasteiger partial charge in [0.2, 0.25) is 53.2 Å². The molecule has 21 N–H and O–H groups in total. The number of aromatic hydroxyl groups is 1. The fourth-order valence-corrected chi connectivity index (χ4v) is 10.5. The molecule has 0 heterocycles. The molecular formula is C64H84N16O14S. The van der Waals surface area contributed by atoms with Gasteiger partial charge in [-0.25, -0.2) is 4.79 Å². The Bertz CT molecular complexity index is 3530. The van der Waals surface area contributed by atoms with Crippen molar-refractivity contribution in [2.24, 2.45) is 50.5 Å². The van der Waals surface area contributed by atoms with E-state index in [-0.39, 0.29) is 116 Å². The van der Waals surface area contributed by atoms with Gasteiger partial charge in [-0.1, -0.05) is 76.2 Å². The van der Waals surface area contributed by atoms with E-state index in [4.69, 9.17) is 28.7 Å². The van der Waals surface area contributed by atoms with Crippen molar-refractivity contribution in [2.45, 2.75) is 115 Å². The van der Waals surface area contributed by atoms with Crippen molar-refractivity contribution in [3.63, 3.8) is 0 Å². The van der Waals surface area contributed by atoms with Crippen molar-refractivity contribution in [3.05, 3.63) is 129 Å². The number of guanidine groups is 2. The Hall–Kier alpha value is -10.6. The van der Waals surface area contributed by atoms with Crippen molar-refractivity contribution in [3.8, 4) is 5.75 Å². The predicted octanol–water partition coefficient (Wildman–Crippen LogP) is -1.76. The number of thiol groups is 1. The summed E-state index contributed by atoms with van der Waals surface area (Å²) in [5, 5.41) is 43.9. The number of fused-ring (bicyclic) bond motifs is 2. The van der Waals surface area contributed by atoms with Crippen LogP contribution in [0, 0.1) is 11.8 Å². The van der Waals surface area contributed by atoms with E-state index in [0.29, 0.717) is 39.8 Å². The predicted molar refractivity (Wildman–Crippen MR) is 355 cm³/mol. The molecule has 6 atom stereocenters. The Morgan fingerprint density at radius 1 is 0.611 bits per heavy atom. The second-order valence-electron chi connectivity index (χ2n) is 23.2. The average Bonchev–Trinajstić information content (AvgIpc) is 0.750. The van der Waals surface area contributed by atoms with E-state index in [9.17, 15) is 67.7 Å². The number of hydrogen-bond donors (Lipinski definition) is 17. The van der Waals surface area contributed by atoms with Crippen molar-refractivity contribution in [2.75, 3.05) is 38.5 Å². The third-order valence-electron chi connectivity index (χ3n) is 14.9. The van der Waals surface area contributed by atoms with Crippen molar-refractivity contribution in [1.29, 1.82) is 0 Å². The van der Waals surface area contributed by atoms with Crippen LogP contribution in [-0.4, -0.2) is 168 Å². The lowest BCUT2D eigenvalue weighted by atomic mass is 9.76. The lowest BCUT2D eigenvalue weighted by Gasteiger charge is -2.29. The number of nitrogens with zero attached hydrogens (tertiary/aromatic N) is 2. The van der Waals surface area contributed by atoms with Gasteiger partial charge in [-0.15, -0.1) is 0 Å². The van der Waals surface area contributed by atoms with Gasteiger partial charge in [-0.3, -0.25) is 62.7 Å². The van der Waals surface area contributed by atoms with Crippen molar-refractivity contribution < 1.29 is 67.7 Å². The summed E-state index contributed by atoms with van der Waals surface area (Å²) in [6.07, 6.45) is 4.46. The van der Waals surface area contributed by atoms with E-state index >= 15 is 0 Å². The van der Waals surface area contributed by atoms with Crippen molar-refractivity contribution in [1.82, 2.24) is 47.9 Å². The molecule has 510 valence electrons. The zero-order valence-corrected chi connectivity index (χ0v) is 54.0. The van der Waals surface area contributed by atoms with Gasteiger partial charge in [0, 0.05) is 43.8 Å². The number of rotatable bonds is 36. The molecule has 2 aliphatic rings. The molecule has 0 radical (unpaired) electrons. The number of carbonyl (C=O) groups excluding carboxylic acids is 11. The first-order valence-corrected chi connectivity index (χ1v) is 31.2. The monoisotopic (exact) mass is 1330 g/mol. The summed E-state index contributed by atoms with van der Waals surface area (Å²) in [5.74, 6) is -11.2. The fraction of sp³-hybridized carbons (Fsp3) is 0.406. The van der Waals surface area contributed by atoms with Crippen LogP contribution in [0.1, 0.15) is 109 Å². The van der Waals surface area contributed by atoms with Gasteiger partial charge in [0.25, 0.3) is 5.91 Å². The third kappa shape index (κ3) is 23.8. The number of benzene rings is 3. The molecule has 95 heavy (non-hydrogen) atoms. The SMILES string of the molecule is CC(C)CC(NC(=O)C(Cc1ccccc1)NC(=O)CNC(=O)CNC(=O)c1ccc(C2=C3C=CC(=O)C=C3Cc3cc(O)ccc32)c(C(=O)O)c1)C(=O)NC(CCCN=C(N)N)C(=O)NC(CCCN=C(N)N)C(=O)NC(C(=O)NC(CS)C(=O)NCCC(N)=O)C(C)C. The van der Waals surface area contributed by atoms with Crippen LogP contribution in [-0.2, 0) is 60.8 Å². The number of carboxylic acids is 1. The zero-order valence-electron chi connectivity index (χ0n) is 53.1. The van der Waals surface area contributed by atoms with Crippen LogP contribution in [0.5, 0.6) is 5.75 Å². The molecule has 3 aromatic carbocycles. The Morgan fingerprint density at radius 2 is 1.19 bits per heavy atom. The van der Waals surface area contributed by atoms with Gasteiger partial charge in [0.1, 0.15) is 42.0 Å². The Labute approximate surface area is 553 Å². The summed E-state index contributed by atoms with van der Waals surface area (Å²) in [4.78, 5) is 169. The van der Waals surface area contributed by atoms with Crippen LogP contribution >= 0.6 is 12.6 Å². The number of nitrogens with one attached hydrogen (secondary N) is 9. The molecule has 10 amide bonds. The number of allylic oxidation sites excluding steroid dienone is 5. The molecule has 0 spiro atoms. The zero-order chi connectivity index (χ0) is 70.1. The first-order chi connectivity index (χ1) is 45.0. The summed E-state index contributed by atoms with van der Waals surface area (Å²) >= 11 is 4.18. The van der Waals surface area contributed by atoms with Crippen molar-refractivity contribution >= 4 is 101 Å². The number of aliphatic imine (C=N–C) groups is 2. The minimum atomic E-state index is -1.42. The molecule has 0 aliphatic heterocycles. The highest BCUT2D eigenvalue weighted by molar-refractivity contribution is 7.80. The quantitative estimate of drug-likeness (QED) is 0.0133.